The monoisotopic (exact) mass is 328 g/mol. The maximum absolute atomic E-state index is 12.9. The van der Waals surface area contributed by atoms with E-state index in [0.717, 1.165) is 30.8 Å². The number of imide groups is 1. The van der Waals surface area contributed by atoms with Gasteiger partial charge in [-0.3, -0.25) is 14.6 Å². The van der Waals surface area contributed by atoms with Crippen molar-refractivity contribution in [2.45, 2.75) is 31.8 Å². The van der Waals surface area contributed by atoms with Gasteiger partial charge in [-0.05, 0) is 37.5 Å². The number of likely N-dealkylation sites (tertiary alicyclic amines) is 1. The number of anilines is 1. The first-order valence-corrected chi connectivity index (χ1v) is 8.25. The van der Waals surface area contributed by atoms with Crippen molar-refractivity contribution < 1.29 is 9.59 Å². The lowest BCUT2D eigenvalue weighted by molar-refractivity contribution is -0.133. The minimum absolute atomic E-state index is 0.112. The van der Waals surface area contributed by atoms with Gasteiger partial charge >= 0.3 is 6.03 Å². The van der Waals surface area contributed by atoms with Crippen LogP contribution < -0.4 is 11.1 Å². The minimum Gasteiger partial charge on any atom is -0.399 e. The Morgan fingerprint density at radius 2 is 1.88 bits per heavy atom. The molecule has 6 heteroatoms. The highest BCUT2D eigenvalue weighted by Crippen LogP contribution is 2.30. The smallest absolute Gasteiger partial charge is 0.325 e. The molecule has 2 saturated heterocycles. The fraction of sp³-hybridized carbons (Fsp3) is 0.444. The van der Waals surface area contributed by atoms with Crippen LogP contribution in [0.25, 0.3) is 0 Å². The van der Waals surface area contributed by atoms with Gasteiger partial charge in [-0.25, -0.2) is 4.79 Å². The molecule has 0 aliphatic carbocycles. The maximum Gasteiger partial charge on any atom is 0.325 e. The number of urea groups is 1. The topological polar surface area (TPSA) is 78.7 Å². The van der Waals surface area contributed by atoms with Crippen molar-refractivity contribution in [1.29, 1.82) is 0 Å². The summed E-state index contributed by atoms with van der Waals surface area (Å²) in [5, 5.41) is 2.94. The molecule has 6 nitrogen and oxygen atoms in total. The van der Waals surface area contributed by atoms with E-state index in [4.69, 9.17) is 5.73 Å². The number of nitrogens with two attached hydrogens (primary N) is 1. The number of nitrogens with zero attached hydrogens (tertiary/aromatic N) is 2. The predicted octanol–water partition coefficient (Wildman–Crippen LogP) is 1.73. The van der Waals surface area contributed by atoms with Crippen molar-refractivity contribution in [3.63, 3.8) is 0 Å². The van der Waals surface area contributed by atoms with Gasteiger partial charge in [0, 0.05) is 25.3 Å². The largest absolute Gasteiger partial charge is 0.399 e. The Bertz CT molecular complexity index is 660. The fourth-order valence-electron chi connectivity index (χ4n) is 3.44. The lowest BCUT2D eigenvalue weighted by atomic mass is 9.87. The second kappa shape index (κ2) is 6.28. The average Bonchev–Trinajstić information content (AvgIpc) is 2.76. The second-order valence-electron chi connectivity index (χ2n) is 6.88. The third-order valence-electron chi connectivity index (χ3n) is 4.77. The zero-order valence-corrected chi connectivity index (χ0v) is 14.0. The fourth-order valence-corrected chi connectivity index (χ4v) is 3.44. The molecule has 3 N–H and O–H groups in total. The van der Waals surface area contributed by atoms with Crippen molar-refractivity contribution in [2.75, 3.05) is 25.4 Å². The van der Waals surface area contributed by atoms with E-state index >= 15 is 0 Å². The van der Waals surface area contributed by atoms with Crippen LogP contribution in [0.1, 0.15) is 25.3 Å². The molecule has 0 saturated carbocycles. The average molecular weight is 328 g/mol. The quantitative estimate of drug-likeness (QED) is 0.501. The lowest BCUT2D eigenvalue weighted by Crippen LogP contribution is -2.55. The van der Waals surface area contributed by atoms with Gasteiger partial charge in [-0.15, -0.1) is 0 Å². The van der Waals surface area contributed by atoms with Crippen LogP contribution in [0.3, 0.4) is 0 Å². The van der Waals surface area contributed by atoms with Crippen molar-refractivity contribution >= 4 is 17.6 Å². The molecule has 1 aromatic carbocycles. The van der Waals surface area contributed by atoms with E-state index in [0.29, 0.717) is 18.5 Å². The molecule has 2 aliphatic heterocycles. The predicted molar refractivity (Wildman–Crippen MR) is 93.2 cm³/mol. The van der Waals surface area contributed by atoms with Gasteiger partial charge in [0.25, 0.3) is 5.91 Å². The molecule has 2 fully saturated rings. The molecule has 2 heterocycles. The van der Waals surface area contributed by atoms with E-state index in [-0.39, 0.29) is 18.5 Å². The van der Waals surface area contributed by atoms with E-state index in [1.54, 1.807) is 12.1 Å². The molecule has 0 radical (unpaired) electrons. The summed E-state index contributed by atoms with van der Waals surface area (Å²) in [7, 11) is 0. The zero-order valence-electron chi connectivity index (χ0n) is 14.0. The van der Waals surface area contributed by atoms with Gasteiger partial charge in [0.05, 0.1) is 6.54 Å². The number of rotatable bonds is 4. The number of nitrogen functional groups attached to an aromatic ring is 1. The van der Waals surface area contributed by atoms with Crippen molar-refractivity contribution in [2.24, 2.45) is 0 Å². The Morgan fingerprint density at radius 3 is 2.46 bits per heavy atom. The summed E-state index contributed by atoms with van der Waals surface area (Å²) >= 11 is 0. The molecular weight excluding hydrogens is 304 g/mol. The molecule has 3 rings (SSSR count). The number of hydrogen-bond acceptors (Lipinski definition) is 4. The first-order valence-electron chi connectivity index (χ1n) is 8.25. The van der Waals surface area contributed by atoms with Crippen LogP contribution in [0.15, 0.2) is 36.4 Å². The van der Waals surface area contributed by atoms with Crippen LogP contribution in [0.4, 0.5) is 10.5 Å². The summed E-state index contributed by atoms with van der Waals surface area (Å²) < 4.78 is 0. The van der Waals surface area contributed by atoms with Gasteiger partial charge in [0.15, 0.2) is 0 Å². The summed E-state index contributed by atoms with van der Waals surface area (Å²) in [6, 6.07) is 6.94. The zero-order chi connectivity index (χ0) is 17.3. The molecular formula is C18H24N4O2. The SMILES string of the molecule is C=C(C)CN1CCC2(CC1)NC(=O)N(Cc1ccc(N)cc1)C2=O. The van der Waals surface area contributed by atoms with E-state index in [1.807, 2.05) is 19.1 Å². The molecule has 0 bridgehead atoms. The van der Waals surface area contributed by atoms with E-state index in [1.165, 1.54) is 4.90 Å². The molecule has 128 valence electrons. The molecule has 1 spiro atoms. The Morgan fingerprint density at radius 1 is 1.25 bits per heavy atom. The number of amides is 3. The Kier molecular flexibility index (Phi) is 4.32. The van der Waals surface area contributed by atoms with Crippen LogP contribution in [-0.4, -0.2) is 46.9 Å². The Balaban J connectivity index is 1.68. The Labute approximate surface area is 142 Å². The number of carbonyl (C=O) groups excluding carboxylic acids is 2. The van der Waals surface area contributed by atoms with Gasteiger partial charge < -0.3 is 11.1 Å². The summed E-state index contributed by atoms with van der Waals surface area (Å²) in [6.07, 6.45) is 1.28. The van der Waals surface area contributed by atoms with Crippen LogP contribution in [-0.2, 0) is 11.3 Å². The van der Waals surface area contributed by atoms with Crippen LogP contribution >= 0.6 is 0 Å². The van der Waals surface area contributed by atoms with E-state index < -0.39 is 5.54 Å². The molecule has 1 aromatic rings. The Hall–Kier alpha value is -2.34. The molecule has 2 aliphatic rings. The third kappa shape index (κ3) is 3.14. The van der Waals surface area contributed by atoms with Crippen molar-refractivity contribution in [3.8, 4) is 0 Å². The van der Waals surface area contributed by atoms with Gasteiger partial charge in [0.1, 0.15) is 5.54 Å². The van der Waals surface area contributed by atoms with E-state index in [9.17, 15) is 9.59 Å². The normalized spacial score (nSPS) is 20.5. The standard InChI is InChI=1S/C18H24N4O2/c1-13(2)11-21-9-7-18(8-10-21)16(23)22(17(24)20-18)12-14-3-5-15(19)6-4-14/h3-6H,1,7-12,19H2,2H3,(H,20,24). The minimum atomic E-state index is -0.740. The van der Waals surface area contributed by atoms with Gasteiger partial charge in [0.2, 0.25) is 0 Å². The van der Waals surface area contributed by atoms with Gasteiger partial charge in [-0.1, -0.05) is 24.3 Å². The second-order valence-corrected chi connectivity index (χ2v) is 6.88. The van der Waals surface area contributed by atoms with Crippen LogP contribution in [0, 0.1) is 0 Å². The van der Waals surface area contributed by atoms with E-state index in [2.05, 4.69) is 16.8 Å². The highest BCUT2D eigenvalue weighted by atomic mass is 16.2. The van der Waals surface area contributed by atoms with Crippen molar-refractivity contribution in [1.82, 2.24) is 15.1 Å². The highest BCUT2D eigenvalue weighted by molar-refractivity contribution is 6.07. The summed E-state index contributed by atoms with van der Waals surface area (Å²) in [5.41, 5.74) is 7.60. The number of hydrogen-bond donors (Lipinski definition) is 2. The summed E-state index contributed by atoms with van der Waals surface area (Å²) in [6.45, 7) is 8.63. The van der Waals surface area contributed by atoms with Crippen LogP contribution in [0.2, 0.25) is 0 Å². The first kappa shape index (κ1) is 16.5. The van der Waals surface area contributed by atoms with Crippen molar-refractivity contribution in [3.05, 3.63) is 42.0 Å². The number of benzene rings is 1. The summed E-state index contributed by atoms with van der Waals surface area (Å²) in [5.74, 6) is -0.112. The summed E-state index contributed by atoms with van der Waals surface area (Å²) in [4.78, 5) is 28.8. The highest BCUT2D eigenvalue weighted by Gasteiger charge is 2.52. The molecule has 0 aromatic heterocycles. The first-order chi connectivity index (χ1) is 11.4. The van der Waals surface area contributed by atoms with Crippen LogP contribution in [0.5, 0.6) is 0 Å². The maximum atomic E-state index is 12.9. The number of nitrogens with one attached hydrogen (secondary N) is 1. The lowest BCUT2D eigenvalue weighted by Gasteiger charge is -2.37. The third-order valence-corrected chi connectivity index (χ3v) is 4.77. The molecule has 0 unspecified atom stereocenters. The molecule has 24 heavy (non-hydrogen) atoms. The van der Waals surface area contributed by atoms with Gasteiger partial charge in [-0.2, -0.15) is 0 Å². The number of piperidine rings is 1. The molecule has 3 amide bonds. The number of carbonyl (C=O) groups is 2. The molecule has 0 atom stereocenters.